The lowest BCUT2D eigenvalue weighted by Crippen LogP contribution is -2.36. The Labute approximate surface area is 139 Å². The highest BCUT2D eigenvalue weighted by atomic mass is 32.2. The Hall–Kier alpha value is -1.36. The summed E-state index contributed by atoms with van der Waals surface area (Å²) < 4.78 is 25.1. The van der Waals surface area contributed by atoms with Crippen LogP contribution in [0.2, 0.25) is 0 Å². The van der Waals surface area contributed by atoms with Crippen LogP contribution in [0.4, 0.5) is 0 Å². The number of hydrogen-bond donors (Lipinski definition) is 1. The van der Waals surface area contributed by atoms with Gasteiger partial charge in [0.15, 0.2) is 9.84 Å². The van der Waals surface area contributed by atoms with Gasteiger partial charge >= 0.3 is 0 Å². The molecule has 0 spiro atoms. The molecule has 4 nitrogen and oxygen atoms in total. The van der Waals surface area contributed by atoms with Gasteiger partial charge in [-0.3, -0.25) is 4.79 Å². The maximum atomic E-state index is 12.6. The number of hydrogen-bond acceptors (Lipinski definition) is 3. The molecule has 5 heteroatoms. The number of nitrogens with one attached hydrogen (secondary N) is 1. The third kappa shape index (κ3) is 5.06. The van der Waals surface area contributed by atoms with E-state index < -0.39 is 9.84 Å². The van der Waals surface area contributed by atoms with Crippen LogP contribution in [0.15, 0.2) is 29.2 Å². The van der Waals surface area contributed by atoms with Crippen molar-refractivity contribution in [3.05, 3.63) is 29.8 Å². The highest BCUT2D eigenvalue weighted by Gasteiger charge is 2.24. The van der Waals surface area contributed by atoms with E-state index in [4.69, 9.17) is 0 Å². The third-order valence-electron chi connectivity index (χ3n) is 4.37. The van der Waals surface area contributed by atoms with Gasteiger partial charge in [-0.1, -0.05) is 45.2 Å². The molecule has 1 aliphatic rings. The quantitative estimate of drug-likeness (QED) is 0.863. The Morgan fingerprint density at radius 2 is 1.83 bits per heavy atom. The standard InChI is InChI=1S/C18H27NO3S/c1-14(2)12-13-23(21,22)17-11-7-6-10-16(17)18(20)19-15-8-4-3-5-9-15/h6-7,10-11,14-15H,3-5,8-9,12-13H2,1-2H3,(H,19,20). The molecule has 23 heavy (non-hydrogen) atoms. The van der Waals surface area contributed by atoms with Gasteiger partial charge in [0.2, 0.25) is 0 Å². The molecule has 1 aliphatic carbocycles. The molecular weight excluding hydrogens is 310 g/mol. The molecule has 0 radical (unpaired) electrons. The summed E-state index contributed by atoms with van der Waals surface area (Å²) >= 11 is 0. The fraction of sp³-hybridized carbons (Fsp3) is 0.611. The van der Waals surface area contributed by atoms with Gasteiger partial charge in [0.05, 0.1) is 16.2 Å². The monoisotopic (exact) mass is 337 g/mol. The second-order valence-corrected chi connectivity index (χ2v) is 8.88. The normalized spacial score (nSPS) is 16.5. The molecular formula is C18H27NO3S. The van der Waals surface area contributed by atoms with Gasteiger partial charge in [-0.25, -0.2) is 8.42 Å². The summed E-state index contributed by atoms with van der Waals surface area (Å²) in [5.74, 6) is 0.131. The number of benzene rings is 1. The van der Waals surface area contributed by atoms with Crippen LogP contribution >= 0.6 is 0 Å². The summed E-state index contributed by atoms with van der Waals surface area (Å²) in [4.78, 5) is 12.7. The Balaban J connectivity index is 2.17. The van der Waals surface area contributed by atoms with E-state index in [2.05, 4.69) is 5.32 Å². The highest BCUT2D eigenvalue weighted by Crippen LogP contribution is 2.21. The zero-order valence-electron chi connectivity index (χ0n) is 14.0. The van der Waals surface area contributed by atoms with Gasteiger partial charge in [-0.15, -0.1) is 0 Å². The van der Waals surface area contributed by atoms with E-state index in [1.54, 1.807) is 24.3 Å². The lowest BCUT2D eigenvalue weighted by molar-refractivity contribution is 0.0924. The summed E-state index contributed by atoms with van der Waals surface area (Å²) in [6, 6.07) is 6.73. The number of carbonyl (C=O) groups is 1. The van der Waals surface area contributed by atoms with E-state index in [0.717, 1.165) is 25.7 Å². The Morgan fingerprint density at radius 3 is 2.48 bits per heavy atom. The maximum Gasteiger partial charge on any atom is 0.252 e. The van der Waals surface area contributed by atoms with Crippen LogP contribution in [-0.2, 0) is 9.84 Å². The zero-order chi connectivity index (χ0) is 16.9. The Bertz CT molecular complexity index is 631. The van der Waals surface area contributed by atoms with E-state index in [1.165, 1.54) is 6.42 Å². The highest BCUT2D eigenvalue weighted by molar-refractivity contribution is 7.91. The van der Waals surface area contributed by atoms with E-state index in [0.29, 0.717) is 12.3 Å². The van der Waals surface area contributed by atoms with Crippen molar-refractivity contribution in [3.8, 4) is 0 Å². The van der Waals surface area contributed by atoms with Crippen molar-refractivity contribution < 1.29 is 13.2 Å². The molecule has 0 aromatic heterocycles. The third-order valence-corrected chi connectivity index (χ3v) is 6.17. The van der Waals surface area contributed by atoms with Gasteiger partial charge in [0.1, 0.15) is 0 Å². The van der Waals surface area contributed by atoms with Gasteiger partial charge in [0.25, 0.3) is 5.91 Å². The molecule has 1 aromatic rings. The van der Waals surface area contributed by atoms with E-state index in [9.17, 15) is 13.2 Å². The predicted octanol–water partition coefficient (Wildman–Crippen LogP) is 3.57. The smallest absolute Gasteiger partial charge is 0.252 e. The van der Waals surface area contributed by atoms with E-state index in [1.807, 2.05) is 13.8 Å². The van der Waals surface area contributed by atoms with Gasteiger partial charge in [-0.2, -0.15) is 0 Å². The Morgan fingerprint density at radius 1 is 1.17 bits per heavy atom. The summed E-state index contributed by atoms with van der Waals surface area (Å²) in [6.45, 7) is 3.99. The largest absolute Gasteiger partial charge is 0.349 e. The van der Waals surface area contributed by atoms with Gasteiger partial charge in [-0.05, 0) is 37.3 Å². The van der Waals surface area contributed by atoms with Crippen molar-refractivity contribution in [3.63, 3.8) is 0 Å². The van der Waals surface area contributed by atoms with Crippen LogP contribution < -0.4 is 5.32 Å². The second kappa shape index (κ2) is 7.95. The molecule has 1 aromatic carbocycles. The summed E-state index contributed by atoms with van der Waals surface area (Å²) in [5, 5.41) is 3.01. The first kappa shape index (κ1) is 18.0. The number of sulfone groups is 1. The fourth-order valence-corrected chi connectivity index (χ4v) is 4.72. The summed E-state index contributed by atoms with van der Waals surface area (Å²) in [7, 11) is -3.43. The molecule has 1 amide bonds. The van der Waals surface area contributed by atoms with Crippen LogP contribution in [0.25, 0.3) is 0 Å². The first-order chi connectivity index (χ1) is 10.9. The van der Waals surface area contributed by atoms with Crippen molar-refractivity contribution >= 4 is 15.7 Å². The molecule has 0 heterocycles. The minimum atomic E-state index is -3.43. The number of carbonyl (C=O) groups excluding carboxylic acids is 1. The molecule has 0 bridgehead atoms. The van der Waals surface area contributed by atoms with E-state index in [-0.39, 0.29) is 28.2 Å². The van der Waals surface area contributed by atoms with Crippen LogP contribution in [-0.4, -0.2) is 26.1 Å². The van der Waals surface area contributed by atoms with Crippen LogP contribution in [0, 0.1) is 5.92 Å². The molecule has 0 saturated heterocycles. The molecule has 2 rings (SSSR count). The molecule has 128 valence electrons. The predicted molar refractivity (Wildman–Crippen MR) is 92.3 cm³/mol. The zero-order valence-corrected chi connectivity index (χ0v) is 14.9. The molecule has 1 saturated carbocycles. The molecule has 1 N–H and O–H groups in total. The summed E-state index contributed by atoms with van der Waals surface area (Å²) in [5.41, 5.74) is 0.279. The average Bonchev–Trinajstić information content (AvgIpc) is 2.54. The average molecular weight is 337 g/mol. The van der Waals surface area contributed by atoms with Crippen molar-refractivity contribution in [2.24, 2.45) is 5.92 Å². The minimum Gasteiger partial charge on any atom is -0.349 e. The lowest BCUT2D eigenvalue weighted by Gasteiger charge is -2.23. The fourth-order valence-electron chi connectivity index (χ4n) is 2.94. The second-order valence-electron chi connectivity index (χ2n) is 6.81. The Kier molecular flexibility index (Phi) is 6.22. The molecule has 0 unspecified atom stereocenters. The van der Waals surface area contributed by atoms with Crippen molar-refractivity contribution in [1.29, 1.82) is 0 Å². The van der Waals surface area contributed by atoms with E-state index >= 15 is 0 Å². The topological polar surface area (TPSA) is 63.2 Å². The lowest BCUT2D eigenvalue weighted by atomic mass is 9.95. The molecule has 1 fully saturated rings. The maximum absolute atomic E-state index is 12.6. The van der Waals surface area contributed by atoms with Crippen molar-refractivity contribution in [2.45, 2.75) is 63.3 Å². The molecule has 0 atom stereocenters. The van der Waals surface area contributed by atoms with Crippen LogP contribution in [0.1, 0.15) is 62.7 Å². The van der Waals surface area contributed by atoms with Crippen molar-refractivity contribution in [1.82, 2.24) is 5.32 Å². The van der Waals surface area contributed by atoms with Crippen LogP contribution in [0.3, 0.4) is 0 Å². The summed E-state index contributed by atoms with van der Waals surface area (Å²) in [6.07, 6.45) is 6.02. The van der Waals surface area contributed by atoms with Crippen LogP contribution in [0.5, 0.6) is 0 Å². The van der Waals surface area contributed by atoms with Gasteiger partial charge < -0.3 is 5.32 Å². The first-order valence-corrected chi connectivity index (χ1v) is 10.2. The van der Waals surface area contributed by atoms with Crippen molar-refractivity contribution in [2.75, 3.05) is 5.75 Å². The minimum absolute atomic E-state index is 0.0817. The molecule has 0 aliphatic heterocycles. The number of amides is 1. The SMILES string of the molecule is CC(C)CCS(=O)(=O)c1ccccc1C(=O)NC1CCCCC1. The van der Waals surface area contributed by atoms with Gasteiger partial charge in [0, 0.05) is 6.04 Å². The number of rotatable bonds is 6. The first-order valence-electron chi connectivity index (χ1n) is 8.53.